The van der Waals surface area contributed by atoms with E-state index in [0.29, 0.717) is 0 Å². The Hall–Kier alpha value is -1.66. The van der Waals surface area contributed by atoms with E-state index in [1.54, 1.807) is 47.8 Å². The van der Waals surface area contributed by atoms with Crippen LogP contribution in [0.3, 0.4) is 0 Å². The highest BCUT2D eigenvalue weighted by Gasteiger charge is 2.51. The molecule has 4 nitrogen and oxygen atoms in total. The highest BCUT2D eigenvalue weighted by Crippen LogP contribution is 2.66. The maximum absolute atomic E-state index is 10.0. The second kappa shape index (κ2) is 5.67. The predicted molar refractivity (Wildman–Crippen MR) is 109 cm³/mol. The van der Waals surface area contributed by atoms with E-state index in [0.717, 1.165) is 33.8 Å². The van der Waals surface area contributed by atoms with Gasteiger partial charge in [0.1, 0.15) is 0 Å². The van der Waals surface area contributed by atoms with Gasteiger partial charge in [-0.25, -0.2) is 0 Å². The fourth-order valence-electron chi connectivity index (χ4n) is 4.51. The molecule has 0 amide bonds. The van der Waals surface area contributed by atoms with Crippen molar-refractivity contribution >= 4 is 23.5 Å². The van der Waals surface area contributed by atoms with Gasteiger partial charge in [-0.3, -0.25) is 0 Å². The summed E-state index contributed by atoms with van der Waals surface area (Å²) in [5.41, 5.74) is 1.74. The molecule has 0 aliphatic carbocycles. The van der Waals surface area contributed by atoms with Crippen LogP contribution in [0, 0.1) is 0 Å². The Kier molecular flexibility index (Phi) is 3.93. The van der Waals surface area contributed by atoms with Gasteiger partial charge in [0.2, 0.25) is 0 Å². The monoisotopic (exact) mass is 404 g/mol. The van der Waals surface area contributed by atoms with Gasteiger partial charge in [-0.1, -0.05) is 27.7 Å². The number of phenols is 4. The second-order valence-corrected chi connectivity index (χ2v) is 12.0. The Morgan fingerprint density at radius 2 is 0.963 bits per heavy atom. The minimum absolute atomic E-state index is 0.0826. The minimum Gasteiger partial charge on any atom is -0.504 e. The largest absolute Gasteiger partial charge is 0.504 e. The number of benzene rings is 2. The van der Waals surface area contributed by atoms with Crippen LogP contribution in [0.25, 0.3) is 0 Å². The lowest BCUT2D eigenvalue weighted by Crippen LogP contribution is -2.42. The van der Waals surface area contributed by atoms with Crippen molar-refractivity contribution in [2.45, 2.75) is 65.2 Å². The van der Waals surface area contributed by atoms with Crippen LogP contribution < -0.4 is 0 Å². The molecule has 0 saturated carbocycles. The molecular weight excluding hydrogens is 380 g/mol. The molecule has 144 valence electrons. The summed E-state index contributed by atoms with van der Waals surface area (Å²) in [7, 11) is 0. The second-order valence-electron chi connectivity index (χ2n) is 8.91. The zero-order valence-electron chi connectivity index (χ0n) is 15.8. The van der Waals surface area contributed by atoms with Crippen LogP contribution in [-0.4, -0.2) is 24.5 Å². The molecule has 0 radical (unpaired) electrons. The average Bonchev–Trinajstić information content (AvgIpc) is 2.50. The van der Waals surface area contributed by atoms with Gasteiger partial charge in [0, 0.05) is 9.79 Å². The molecule has 4 rings (SSSR count). The number of hydrogen-bond acceptors (Lipinski definition) is 6. The average molecular weight is 405 g/mol. The number of rotatable bonds is 0. The fourth-order valence-corrected chi connectivity index (χ4v) is 8.98. The van der Waals surface area contributed by atoms with Crippen LogP contribution in [0.15, 0.2) is 34.1 Å². The van der Waals surface area contributed by atoms with Crippen molar-refractivity contribution in [3.05, 3.63) is 35.4 Å². The summed E-state index contributed by atoms with van der Waals surface area (Å²) >= 11 is 3.46. The third-order valence-electron chi connectivity index (χ3n) is 5.63. The molecule has 2 heterocycles. The fraction of sp³-hybridized carbons (Fsp3) is 0.429. The van der Waals surface area contributed by atoms with Gasteiger partial charge >= 0.3 is 0 Å². The summed E-state index contributed by atoms with van der Waals surface area (Å²) in [4.78, 5) is 1.97. The molecule has 0 fully saturated rings. The third kappa shape index (κ3) is 2.93. The molecule has 4 N–H and O–H groups in total. The van der Waals surface area contributed by atoms with Gasteiger partial charge in [0.15, 0.2) is 23.0 Å². The van der Waals surface area contributed by atoms with E-state index in [4.69, 9.17) is 0 Å². The van der Waals surface area contributed by atoms with Crippen LogP contribution in [0.5, 0.6) is 23.0 Å². The summed E-state index contributed by atoms with van der Waals surface area (Å²) in [6.07, 6.45) is 1.77. The number of fused-ring (bicyclic) bond motifs is 2. The smallest absolute Gasteiger partial charge is 0.158 e. The number of thioether (sulfide) groups is 2. The zero-order valence-corrected chi connectivity index (χ0v) is 17.5. The highest BCUT2D eigenvalue weighted by atomic mass is 32.2. The normalized spacial score (nSPS) is 21.5. The van der Waals surface area contributed by atoms with E-state index in [9.17, 15) is 20.4 Å². The van der Waals surface area contributed by atoms with E-state index in [2.05, 4.69) is 27.7 Å². The highest BCUT2D eigenvalue weighted by molar-refractivity contribution is 8.18. The van der Waals surface area contributed by atoms with Crippen LogP contribution in [0.2, 0.25) is 0 Å². The molecular formula is C21H24O4S2. The van der Waals surface area contributed by atoms with E-state index in [1.807, 2.05) is 0 Å². The Balaban J connectivity index is 1.85. The third-order valence-corrected chi connectivity index (χ3v) is 8.56. The van der Waals surface area contributed by atoms with Gasteiger partial charge in [0.25, 0.3) is 0 Å². The van der Waals surface area contributed by atoms with Crippen LogP contribution in [0.4, 0.5) is 0 Å². The van der Waals surface area contributed by atoms with Crippen molar-refractivity contribution in [3.8, 4) is 23.0 Å². The Labute approximate surface area is 167 Å². The molecule has 0 aromatic heterocycles. The van der Waals surface area contributed by atoms with E-state index in [1.165, 1.54) is 0 Å². The topological polar surface area (TPSA) is 80.9 Å². The van der Waals surface area contributed by atoms with Gasteiger partial charge in [0.05, 0.1) is 4.08 Å². The van der Waals surface area contributed by atoms with Crippen molar-refractivity contribution in [3.63, 3.8) is 0 Å². The predicted octanol–water partition coefficient (Wildman–Crippen LogP) is 5.45. The summed E-state index contributed by atoms with van der Waals surface area (Å²) in [5.74, 6) is -0.365. The molecule has 2 aromatic rings. The maximum Gasteiger partial charge on any atom is 0.158 e. The molecule has 0 unspecified atom stereocenters. The van der Waals surface area contributed by atoms with Crippen LogP contribution in [-0.2, 0) is 10.8 Å². The van der Waals surface area contributed by atoms with Crippen LogP contribution >= 0.6 is 23.5 Å². The molecule has 2 aliphatic rings. The van der Waals surface area contributed by atoms with Crippen molar-refractivity contribution in [2.24, 2.45) is 0 Å². The van der Waals surface area contributed by atoms with Crippen molar-refractivity contribution in [2.75, 3.05) is 0 Å². The molecule has 1 spiro atoms. The van der Waals surface area contributed by atoms with E-state index < -0.39 is 0 Å². The number of phenolic OH excluding ortho intramolecular Hbond substituents is 4. The van der Waals surface area contributed by atoms with E-state index in [-0.39, 0.29) is 37.9 Å². The standard InChI is InChI=1S/C21H24O4S2/c1-19(2)9-21(26-17-7-15(24)13(22)5-11(17)19)10-20(3,4)12-6-14(23)16(25)8-18(12)27-21/h5-8,22-25H,9-10H2,1-4H3. The van der Waals surface area contributed by atoms with Crippen molar-refractivity contribution in [1.82, 2.24) is 0 Å². The summed E-state index contributed by atoms with van der Waals surface area (Å²) in [5, 5.41) is 40.0. The first-order valence-corrected chi connectivity index (χ1v) is 10.6. The van der Waals surface area contributed by atoms with Crippen LogP contribution in [0.1, 0.15) is 51.7 Å². The lowest BCUT2D eigenvalue weighted by atomic mass is 9.74. The first-order valence-electron chi connectivity index (χ1n) is 8.93. The molecule has 2 aliphatic heterocycles. The van der Waals surface area contributed by atoms with Gasteiger partial charge in [-0.05, 0) is 59.1 Å². The first kappa shape index (κ1) is 18.7. The van der Waals surface area contributed by atoms with Gasteiger partial charge in [-0.2, -0.15) is 0 Å². The summed E-state index contributed by atoms with van der Waals surface area (Å²) < 4.78 is -0.167. The van der Waals surface area contributed by atoms with Gasteiger partial charge in [-0.15, -0.1) is 23.5 Å². The Bertz CT molecular complexity index is 872. The van der Waals surface area contributed by atoms with Gasteiger partial charge < -0.3 is 20.4 Å². The van der Waals surface area contributed by atoms with E-state index >= 15 is 0 Å². The molecule has 6 heteroatoms. The molecule has 0 bridgehead atoms. The lowest BCUT2D eigenvalue weighted by Gasteiger charge is -2.51. The molecule has 27 heavy (non-hydrogen) atoms. The Morgan fingerprint density at radius 3 is 1.33 bits per heavy atom. The molecule has 0 saturated heterocycles. The van der Waals surface area contributed by atoms with Crippen molar-refractivity contribution < 1.29 is 20.4 Å². The quantitative estimate of drug-likeness (QED) is 0.437. The first-order chi connectivity index (χ1) is 12.4. The molecule has 0 atom stereocenters. The zero-order chi connectivity index (χ0) is 19.8. The Morgan fingerprint density at radius 1 is 0.630 bits per heavy atom. The molecule has 2 aromatic carbocycles. The number of aromatic hydroxyl groups is 4. The summed E-state index contributed by atoms with van der Waals surface area (Å²) in [6.45, 7) is 8.67. The van der Waals surface area contributed by atoms with Crippen molar-refractivity contribution in [1.29, 1.82) is 0 Å². The lowest BCUT2D eigenvalue weighted by molar-refractivity contribution is 0.353. The SMILES string of the molecule is CC1(C)CC2(CC(C)(C)c3cc(O)c(O)cc3S2)Sc2cc(O)c(O)cc21. The minimum atomic E-state index is -0.175. The maximum atomic E-state index is 10.0. The number of hydrogen-bond donors (Lipinski definition) is 4. The summed E-state index contributed by atoms with van der Waals surface area (Å²) in [6, 6.07) is 6.69.